The second kappa shape index (κ2) is 8.55. The van der Waals surface area contributed by atoms with Gasteiger partial charge in [-0.1, -0.05) is 6.07 Å². The van der Waals surface area contributed by atoms with Crippen LogP contribution in [0.4, 0.5) is 0 Å². The number of ether oxygens (including phenoxy) is 1. The van der Waals surface area contributed by atoms with E-state index in [4.69, 9.17) is 17.0 Å². The van der Waals surface area contributed by atoms with Crippen LogP contribution in [0.25, 0.3) is 10.7 Å². The van der Waals surface area contributed by atoms with E-state index in [0.717, 1.165) is 29.6 Å². The molecule has 2 N–H and O–H groups in total. The first-order chi connectivity index (χ1) is 11.7. The molecule has 0 aromatic carbocycles. The monoisotopic (exact) mass is 366 g/mol. The average molecular weight is 367 g/mol. The average Bonchev–Trinajstić information content (AvgIpc) is 3.09. The highest BCUT2D eigenvalue weighted by atomic mass is 32.1. The van der Waals surface area contributed by atoms with E-state index in [1.807, 2.05) is 22.1 Å². The molecule has 0 spiro atoms. The Morgan fingerprint density at radius 1 is 1.54 bits per heavy atom. The fourth-order valence-electron chi connectivity index (χ4n) is 2.36. The first kappa shape index (κ1) is 17.3. The van der Waals surface area contributed by atoms with Gasteiger partial charge in [0.05, 0.1) is 4.88 Å². The number of thiophene rings is 1. The molecule has 0 aliphatic heterocycles. The fraction of sp³-hybridized carbons (Fsp3) is 0.562. The van der Waals surface area contributed by atoms with Crippen molar-refractivity contribution in [2.45, 2.75) is 32.2 Å². The summed E-state index contributed by atoms with van der Waals surface area (Å²) in [5.74, 6) is 1.60. The number of carbonyl (C=O) groups is 1. The van der Waals surface area contributed by atoms with Crippen molar-refractivity contribution in [3.63, 3.8) is 0 Å². The molecule has 1 aliphatic carbocycles. The fourth-order valence-corrected chi connectivity index (χ4v) is 3.30. The standard InChI is InChI=1S/C16H22N4O2S2/c21-14(17-7-2-9-22-11-12-4-5-12)6-8-20-15(18-19-16(20)23)13-3-1-10-24-13/h1,3,10,12H,2,4-9,11H2,(H,17,21)(H,19,23). The third-order valence-electron chi connectivity index (χ3n) is 3.90. The SMILES string of the molecule is O=C(CCn1c(-c2cccs2)n[nH]c1=S)NCCCOCC1CC1. The van der Waals surface area contributed by atoms with Gasteiger partial charge in [0.1, 0.15) is 0 Å². The van der Waals surface area contributed by atoms with Gasteiger partial charge in [-0.05, 0) is 48.8 Å². The van der Waals surface area contributed by atoms with Gasteiger partial charge >= 0.3 is 0 Å². The van der Waals surface area contributed by atoms with E-state index >= 15 is 0 Å². The Morgan fingerprint density at radius 3 is 3.17 bits per heavy atom. The first-order valence-electron chi connectivity index (χ1n) is 8.27. The summed E-state index contributed by atoms with van der Waals surface area (Å²) in [4.78, 5) is 13.0. The van der Waals surface area contributed by atoms with Crippen LogP contribution in [-0.2, 0) is 16.1 Å². The number of aromatic nitrogens is 3. The van der Waals surface area contributed by atoms with Crippen molar-refractivity contribution >= 4 is 29.5 Å². The molecule has 1 aliphatic rings. The van der Waals surface area contributed by atoms with E-state index in [1.54, 1.807) is 11.3 Å². The van der Waals surface area contributed by atoms with Crippen LogP contribution in [0.2, 0.25) is 0 Å². The van der Waals surface area contributed by atoms with E-state index < -0.39 is 0 Å². The Hall–Kier alpha value is -1.51. The van der Waals surface area contributed by atoms with Crippen molar-refractivity contribution in [1.29, 1.82) is 0 Å². The molecule has 0 saturated heterocycles. The molecular weight excluding hydrogens is 344 g/mol. The number of nitrogens with one attached hydrogen (secondary N) is 2. The molecule has 3 rings (SSSR count). The molecule has 24 heavy (non-hydrogen) atoms. The predicted molar refractivity (Wildman–Crippen MR) is 96.5 cm³/mol. The molecule has 0 unspecified atom stereocenters. The lowest BCUT2D eigenvalue weighted by Gasteiger charge is -2.07. The summed E-state index contributed by atoms with van der Waals surface area (Å²) in [5, 5.41) is 12.0. The summed E-state index contributed by atoms with van der Waals surface area (Å²) in [7, 11) is 0. The predicted octanol–water partition coefficient (Wildman–Crippen LogP) is 2.99. The summed E-state index contributed by atoms with van der Waals surface area (Å²) in [6.07, 6.45) is 3.85. The second-order valence-corrected chi connectivity index (χ2v) is 7.29. The van der Waals surface area contributed by atoms with Crippen molar-refractivity contribution < 1.29 is 9.53 Å². The Bertz CT molecular complexity index is 704. The maximum atomic E-state index is 12.0. The Balaban J connectivity index is 1.38. The van der Waals surface area contributed by atoms with Gasteiger partial charge in [-0.3, -0.25) is 14.5 Å². The zero-order valence-corrected chi connectivity index (χ0v) is 15.1. The summed E-state index contributed by atoms with van der Waals surface area (Å²) >= 11 is 6.86. The maximum Gasteiger partial charge on any atom is 0.221 e. The molecule has 0 atom stereocenters. The van der Waals surface area contributed by atoms with Gasteiger partial charge in [0.2, 0.25) is 5.91 Å². The molecule has 1 amide bonds. The summed E-state index contributed by atoms with van der Waals surface area (Å²) in [6.45, 7) is 2.76. The van der Waals surface area contributed by atoms with E-state index in [1.165, 1.54) is 12.8 Å². The number of carbonyl (C=O) groups excluding carboxylic acids is 1. The van der Waals surface area contributed by atoms with Gasteiger partial charge in [0.15, 0.2) is 10.6 Å². The highest BCUT2D eigenvalue weighted by molar-refractivity contribution is 7.71. The molecule has 8 heteroatoms. The molecule has 1 saturated carbocycles. The number of amides is 1. The van der Waals surface area contributed by atoms with Crippen LogP contribution < -0.4 is 5.32 Å². The number of hydrogen-bond donors (Lipinski definition) is 2. The topological polar surface area (TPSA) is 71.9 Å². The minimum absolute atomic E-state index is 0.0254. The molecule has 0 bridgehead atoms. The number of hydrogen-bond acceptors (Lipinski definition) is 5. The number of H-pyrrole nitrogens is 1. The Morgan fingerprint density at radius 2 is 2.42 bits per heavy atom. The van der Waals surface area contributed by atoms with Gasteiger partial charge < -0.3 is 10.1 Å². The molecule has 6 nitrogen and oxygen atoms in total. The first-order valence-corrected chi connectivity index (χ1v) is 9.56. The summed E-state index contributed by atoms with van der Waals surface area (Å²) in [5.41, 5.74) is 0. The van der Waals surface area contributed by atoms with Crippen LogP contribution in [0.1, 0.15) is 25.7 Å². The second-order valence-electron chi connectivity index (χ2n) is 5.95. The molecule has 2 aromatic heterocycles. The Kier molecular flexibility index (Phi) is 6.17. The summed E-state index contributed by atoms with van der Waals surface area (Å²) < 4.78 is 7.97. The van der Waals surface area contributed by atoms with Crippen molar-refractivity contribution in [1.82, 2.24) is 20.1 Å². The van der Waals surface area contributed by atoms with Gasteiger partial charge in [-0.15, -0.1) is 11.3 Å². The molecule has 130 valence electrons. The van der Waals surface area contributed by atoms with Crippen LogP contribution in [0.3, 0.4) is 0 Å². The minimum atomic E-state index is 0.0254. The normalized spacial score (nSPS) is 14.0. The van der Waals surface area contributed by atoms with Crippen LogP contribution in [0.5, 0.6) is 0 Å². The van der Waals surface area contributed by atoms with E-state index in [9.17, 15) is 4.79 Å². The van der Waals surface area contributed by atoms with Crippen molar-refractivity contribution in [3.8, 4) is 10.7 Å². The lowest BCUT2D eigenvalue weighted by Crippen LogP contribution is -2.26. The third-order valence-corrected chi connectivity index (χ3v) is 5.08. The molecule has 2 heterocycles. The lowest BCUT2D eigenvalue weighted by atomic mass is 10.3. The lowest BCUT2D eigenvalue weighted by molar-refractivity contribution is -0.121. The largest absolute Gasteiger partial charge is 0.381 e. The van der Waals surface area contributed by atoms with Crippen LogP contribution in [0, 0.1) is 10.7 Å². The highest BCUT2D eigenvalue weighted by Gasteiger charge is 2.20. The third kappa shape index (κ3) is 4.99. The van der Waals surface area contributed by atoms with Crippen LogP contribution in [-0.4, -0.2) is 40.4 Å². The van der Waals surface area contributed by atoms with Crippen LogP contribution >= 0.6 is 23.6 Å². The molecule has 1 fully saturated rings. The number of nitrogens with zero attached hydrogens (tertiary/aromatic N) is 2. The van der Waals surface area contributed by atoms with Gasteiger partial charge in [0, 0.05) is 32.7 Å². The zero-order valence-electron chi connectivity index (χ0n) is 13.5. The van der Waals surface area contributed by atoms with Crippen LogP contribution in [0.15, 0.2) is 17.5 Å². The molecule has 2 aromatic rings. The van der Waals surface area contributed by atoms with Crippen molar-refractivity contribution in [2.75, 3.05) is 19.8 Å². The number of aromatic amines is 1. The van der Waals surface area contributed by atoms with Crippen molar-refractivity contribution in [3.05, 3.63) is 22.3 Å². The Labute approximate surface area is 150 Å². The highest BCUT2D eigenvalue weighted by Crippen LogP contribution is 2.28. The van der Waals surface area contributed by atoms with E-state index in [2.05, 4.69) is 15.5 Å². The van der Waals surface area contributed by atoms with E-state index in [-0.39, 0.29) is 5.91 Å². The van der Waals surface area contributed by atoms with Gasteiger partial charge in [0.25, 0.3) is 0 Å². The van der Waals surface area contributed by atoms with E-state index in [0.29, 0.717) is 30.9 Å². The quantitative estimate of drug-likeness (QED) is 0.501. The smallest absolute Gasteiger partial charge is 0.221 e. The van der Waals surface area contributed by atoms with Gasteiger partial charge in [-0.2, -0.15) is 5.10 Å². The zero-order chi connectivity index (χ0) is 16.8. The minimum Gasteiger partial charge on any atom is -0.381 e. The molecule has 0 radical (unpaired) electrons. The van der Waals surface area contributed by atoms with Crippen molar-refractivity contribution in [2.24, 2.45) is 5.92 Å². The molecular formula is C16H22N4O2S2. The maximum absolute atomic E-state index is 12.0. The summed E-state index contributed by atoms with van der Waals surface area (Å²) in [6, 6.07) is 3.97. The number of rotatable bonds is 10. The van der Waals surface area contributed by atoms with Gasteiger partial charge in [-0.25, -0.2) is 0 Å².